The molecule has 132 valence electrons. The van der Waals surface area contributed by atoms with E-state index < -0.39 is 0 Å². The van der Waals surface area contributed by atoms with E-state index in [-0.39, 0.29) is 5.91 Å². The van der Waals surface area contributed by atoms with Crippen LogP contribution < -0.4 is 5.32 Å². The van der Waals surface area contributed by atoms with E-state index in [1.165, 1.54) is 6.08 Å². The van der Waals surface area contributed by atoms with E-state index in [4.69, 9.17) is 0 Å². The normalized spacial score (nSPS) is 11.1. The van der Waals surface area contributed by atoms with Crippen LogP contribution in [-0.2, 0) is 4.79 Å². The van der Waals surface area contributed by atoms with Crippen LogP contribution in [0.5, 0.6) is 0 Å². The zero-order valence-corrected chi connectivity index (χ0v) is 14.8. The van der Waals surface area contributed by atoms with Crippen LogP contribution in [0.15, 0.2) is 78.9 Å². The number of benzene rings is 3. The molecule has 0 aliphatic heterocycles. The molecule has 0 spiro atoms. The minimum atomic E-state index is -0.184. The van der Waals surface area contributed by atoms with Gasteiger partial charge in [-0.25, -0.2) is 0 Å². The zero-order valence-electron chi connectivity index (χ0n) is 14.8. The van der Waals surface area contributed by atoms with Crippen LogP contribution in [0.2, 0.25) is 0 Å². The van der Waals surface area contributed by atoms with Crippen molar-refractivity contribution in [3.8, 4) is 5.69 Å². The fourth-order valence-corrected chi connectivity index (χ4v) is 2.79. The number of hydrogen-bond donors (Lipinski definition) is 1. The second-order valence-corrected chi connectivity index (χ2v) is 6.21. The van der Waals surface area contributed by atoms with Gasteiger partial charge < -0.3 is 5.32 Å². The smallest absolute Gasteiger partial charge is 0.248 e. The third-order valence-corrected chi connectivity index (χ3v) is 4.20. The molecule has 5 nitrogen and oxygen atoms in total. The first-order chi connectivity index (χ1) is 13.2. The summed E-state index contributed by atoms with van der Waals surface area (Å²) in [7, 11) is 0. The topological polar surface area (TPSA) is 59.8 Å². The first kappa shape index (κ1) is 16.7. The number of nitrogens with one attached hydrogen (secondary N) is 1. The Morgan fingerprint density at radius 1 is 0.926 bits per heavy atom. The monoisotopic (exact) mass is 354 g/mol. The molecule has 0 atom stereocenters. The van der Waals surface area contributed by atoms with Crippen LogP contribution in [0.4, 0.5) is 5.69 Å². The highest BCUT2D eigenvalue weighted by Gasteiger charge is 2.09. The molecule has 4 aromatic rings. The van der Waals surface area contributed by atoms with Gasteiger partial charge in [-0.3, -0.25) is 4.79 Å². The lowest BCUT2D eigenvalue weighted by molar-refractivity contribution is -0.111. The Morgan fingerprint density at radius 2 is 1.56 bits per heavy atom. The van der Waals surface area contributed by atoms with Crippen molar-refractivity contribution in [3.63, 3.8) is 0 Å². The quantitative estimate of drug-likeness (QED) is 0.553. The Kier molecular flexibility index (Phi) is 4.49. The summed E-state index contributed by atoms with van der Waals surface area (Å²) in [5, 5.41) is 12.0. The van der Waals surface area contributed by atoms with Gasteiger partial charge >= 0.3 is 0 Å². The number of carbonyl (C=O) groups excluding carboxylic acids is 1. The van der Waals surface area contributed by atoms with Crippen molar-refractivity contribution in [2.24, 2.45) is 0 Å². The zero-order chi connectivity index (χ0) is 18.6. The van der Waals surface area contributed by atoms with Gasteiger partial charge in [0.05, 0.1) is 5.69 Å². The largest absolute Gasteiger partial charge is 0.322 e. The number of rotatable bonds is 4. The van der Waals surface area contributed by atoms with Crippen molar-refractivity contribution in [2.75, 3.05) is 5.32 Å². The Morgan fingerprint density at radius 3 is 2.26 bits per heavy atom. The SMILES string of the molecule is Cc1cc2nn(-c3ccccc3)nc2cc1NC(=O)C=Cc1ccccc1. The molecular weight excluding hydrogens is 336 g/mol. The first-order valence-corrected chi connectivity index (χ1v) is 8.66. The summed E-state index contributed by atoms with van der Waals surface area (Å²) in [6, 6.07) is 23.2. The number of nitrogens with zero attached hydrogens (tertiary/aromatic N) is 3. The van der Waals surface area contributed by atoms with Crippen LogP contribution in [0.3, 0.4) is 0 Å². The number of para-hydroxylation sites is 1. The van der Waals surface area contributed by atoms with Crippen molar-refractivity contribution < 1.29 is 4.79 Å². The molecule has 1 aromatic heterocycles. The number of aromatic nitrogens is 3. The maximum Gasteiger partial charge on any atom is 0.248 e. The molecule has 0 aliphatic carbocycles. The van der Waals surface area contributed by atoms with Crippen molar-refractivity contribution in [2.45, 2.75) is 6.92 Å². The molecule has 1 N–H and O–H groups in total. The van der Waals surface area contributed by atoms with E-state index in [0.29, 0.717) is 0 Å². The van der Waals surface area contributed by atoms with Crippen molar-refractivity contribution in [3.05, 3.63) is 90.0 Å². The predicted octanol–water partition coefficient (Wildman–Crippen LogP) is 4.38. The molecule has 0 radical (unpaired) electrons. The molecule has 27 heavy (non-hydrogen) atoms. The summed E-state index contributed by atoms with van der Waals surface area (Å²) in [4.78, 5) is 13.9. The van der Waals surface area contributed by atoms with E-state index >= 15 is 0 Å². The van der Waals surface area contributed by atoms with Gasteiger partial charge in [0.25, 0.3) is 0 Å². The van der Waals surface area contributed by atoms with Gasteiger partial charge in [0, 0.05) is 11.8 Å². The van der Waals surface area contributed by atoms with Crippen LogP contribution in [0.25, 0.3) is 22.8 Å². The maximum atomic E-state index is 12.3. The molecule has 0 saturated carbocycles. The highest BCUT2D eigenvalue weighted by Crippen LogP contribution is 2.22. The Balaban J connectivity index is 1.57. The fourth-order valence-electron chi connectivity index (χ4n) is 2.79. The molecule has 0 unspecified atom stereocenters. The lowest BCUT2D eigenvalue weighted by Gasteiger charge is -2.05. The average molecular weight is 354 g/mol. The number of fused-ring (bicyclic) bond motifs is 1. The highest BCUT2D eigenvalue weighted by molar-refractivity contribution is 6.03. The summed E-state index contributed by atoms with van der Waals surface area (Å²) in [6.45, 7) is 1.94. The summed E-state index contributed by atoms with van der Waals surface area (Å²) in [5.74, 6) is -0.184. The van der Waals surface area contributed by atoms with Gasteiger partial charge in [-0.2, -0.15) is 4.80 Å². The summed E-state index contributed by atoms with van der Waals surface area (Å²) in [5.41, 5.74) is 5.05. The van der Waals surface area contributed by atoms with Gasteiger partial charge in [0.1, 0.15) is 11.0 Å². The Labute approximate surface area is 157 Å². The minimum Gasteiger partial charge on any atom is -0.322 e. The Bertz CT molecular complexity index is 1120. The van der Waals surface area contributed by atoms with Gasteiger partial charge in [0.2, 0.25) is 5.91 Å². The van der Waals surface area contributed by atoms with Crippen LogP contribution in [-0.4, -0.2) is 20.9 Å². The molecular formula is C22H18N4O. The second kappa shape index (κ2) is 7.25. The minimum absolute atomic E-state index is 0.184. The maximum absolute atomic E-state index is 12.3. The Hall–Kier alpha value is -3.73. The second-order valence-electron chi connectivity index (χ2n) is 6.21. The number of carbonyl (C=O) groups is 1. The van der Waals surface area contributed by atoms with Crippen molar-refractivity contribution in [1.29, 1.82) is 0 Å². The third kappa shape index (κ3) is 3.77. The summed E-state index contributed by atoms with van der Waals surface area (Å²) in [6.07, 6.45) is 3.31. The third-order valence-electron chi connectivity index (χ3n) is 4.20. The van der Waals surface area contributed by atoms with Crippen LogP contribution >= 0.6 is 0 Å². The molecule has 4 rings (SSSR count). The fraction of sp³-hybridized carbons (Fsp3) is 0.0455. The summed E-state index contributed by atoms with van der Waals surface area (Å²) < 4.78 is 0. The van der Waals surface area contributed by atoms with E-state index in [9.17, 15) is 4.79 Å². The highest BCUT2D eigenvalue weighted by atomic mass is 16.1. The lowest BCUT2D eigenvalue weighted by Crippen LogP contribution is -2.08. The van der Waals surface area contributed by atoms with Crippen molar-refractivity contribution >= 4 is 28.7 Å². The van der Waals surface area contributed by atoms with Gasteiger partial charge in [-0.15, -0.1) is 10.2 Å². The lowest BCUT2D eigenvalue weighted by atomic mass is 10.1. The average Bonchev–Trinajstić information content (AvgIpc) is 3.11. The molecule has 5 heteroatoms. The van der Waals surface area contributed by atoms with Crippen LogP contribution in [0.1, 0.15) is 11.1 Å². The van der Waals surface area contributed by atoms with Gasteiger partial charge in [-0.05, 0) is 48.4 Å². The molecule has 0 bridgehead atoms. The number of amides is 1. The van der Waals surface area contributed by atoms with Gasteiger partial charge in [-0.1, -0.05) is 48.5 Å². The number of anilines is 1. The molecule has 1 amide bonds. The molecule has 0 aliphatic rings. The summed E-state index contributed by atoms with van der Waals surface area (Å²) >= 11 is 0. The van der Waals surface area contributed by atoms with E-state index in [1.807, 2.05) is 79.7 Å². The van der Waals surface area contributed by atoms with Crippen LogP contribution in [0, 0.1) is 6.92 Å². The molecule has 3 aromatic carbocycles. The standard InChI is InChI=1S/C22H18N4O/c1-16-14-20-21(25-26(24-20)18-10-6-3-7-11-18)15-19(16)23-22(27)13-12-17-8-4-2-5-9-17/h2-15H,1H3,(H,23,27). The molecule has 1 heterocycles. The number of aryl methyl sites for hydroxylation is 1. The van der Waals surface area contributed by atoms with E-state index in [1.54, 1.807) is 10.9 Å². The van der Waals surface area contributed by atoms with Crippen molar-refractivity contribution in [1.82, 2.24) is 15.0 Å². The van der Waals surface area contributed by atoms with E-state index in [2.05, 4.69) is 15.5 Å². The predicted molar refractivity (Wildman–Crippen MR) is 108 cm³/mol. The molecule has 0 fully saturated rings. The first-order valence-electron chi connectivity index (χ1n) is 8.66. The molecule has 0 saturated heterocycles. The number of hydrogen-bond acceptors (Lipinski definition) is 3. The van der Waals surface area contributed by atoms with Gasteiger partial charge in [0.15, 0.2) is 0 Å². The van der Waals surface area contributed by atoms with E-state index in [0.717, 1.165) is 33.5 Å².